The fraction of sp³-hybridized carbons (Fsp3) is 0.304. The molecule has 3 aromatic heterocycles. The molecule has 2 fully saturated rings. The molecule has 0 unspecified atom stereocenters. The number of alkyl halides is 1. The lowest BCUT2D eigenvalue weighted by Crippen LogP contribution is -2.20. The largest absolute Gasteiger partial charge is 0.354 e. The number of nitriles is 1. The van der Waals surface area contributed by atoms with Crippen LogP contribution < -0.4 is 10.2 Å². The number of nitrogens with zero attached hydrogens (tertiary/aromatic N) is 5. The minimum atomic E-state index is -0.773. The van der Waals surface area contributed by atoms with Crippen LogP contribution >= 0.6 is 0 Å². The maximum absolute atomic E-state index is 13.5. The molecule has 2 aliphatic rings. The van der Waals surface area contributed by atoms with Crippen LogP contribution in [0.15, 0.2) is 48.8 Å². The van der Waals surface area contributed by atoms with Crippen LogP contribution in [0.2, 0.25) is 0 Å². The van der Waals surface area contributed by atoms with Gasteiger partial charge in [-0.05, 0) is 67.1 Å². The fourth-order valence-corrected chi connectivity index (χ4v) is 3.77. The van der Waals surface area contributed by atoms with Crippen molar-refractivity contribution in [2.75, 3.05) is 23.3 Å². The lowest BCUT2D eigenvalue weighted by atomic mass is 10.1. The highest BCUT2D eigenvalue weighted by Gasteiger charge is 2.25. The van der Waals surface area contributed by atoms with Crippen LogP contribution in [0, 0.1) is 11.3 Å². The van der Waals surface area contributed by atoms with Gasteiger partial charge in [0.05, 0.1) is 23.9 Å². The summed E-state index contributed by atoms with van der Waals surface area (Å²) < 4.78 is 13.5. The van der Waals surface area contributed by atoms with E-state index >= 15 is 0 Å². The van der Waals surface area contributed by atoms with Crippen molar-refractivity contribution in [2.24, 2.45) is 0 Å². The SMILES string of the molecule is N#Cc1ccnc(Nc2cc(C3CC3)cc(-c3ccc(N4CC[C@@H](F)C4)nc3)n2)c1. The molecule has 0 amide bonds. The van der Waals surface area contributed by atoms with Crippen LogP contribution in [0.5, 0.6) is 0 Å². The fourth-order valence-electron chi connectivity index (χ4n) is 3.77. The Bertz CT molecular complexity index is 1100. The summed E-state index contributed by atoms with van der Waals surface area (Å²) in [7, 11) is 0. The Labute approximate surface area is 174 Å². The summed E-state index contributed by atoms with van der Waals surface area (Å²) in [4.78, 5) is 15.6. The number of halogens is 1. The van der Waals surface area contributed by atoms with E-state index in [2.05, 4.69) is 33.5 Å². The Morgan fingerprint density at radius 1 is 1.07 bits per heavy atom. The van der Waals surface area contributed by atoms with Crippen LogP contribution in [-0.2, 0) is 0 Å². The molecule has 1 N–H and O–H groups in total. The van der Waals surface area contributed by atoms with E-state index in [4.69, 9.17) is 10.2 Å². The molecule has 1 atom stereocenters. The zero-order chi connectivity index (χ0) is 20.5. The number of rotatable bonds is 5. The second kappa shape index (κ2) is 7.71. The van der Waals surface area contributed by atoms with E-state index in [1.165, 1.54) is 18.4 Å². The van der Waals surface area contributed by atoms with Crippen molar-refractivity contribution in [1.82, 2.24) is 15.0 Å². The van der Waals surface area contributed by atoms with E-state index in [1.54, 1.807) is 24.5 Å². The predicted molar refractivity (Wildman–Crippen MR) is 113 cm³/mol. The Hall–Kier alpha value is -3.53. The van der Waals surface area contributed by atoms with E-state index < -0.39 is 6.17 Å². The number of nitrogens with one attached hydrogen (secondary N) is 1. The van der Waals surface area contributed by atoms with Gasteiger partial charge in [0.1, 0.15) is 23.6 Å². The molecule has 1 saturated carbocycles. The topological polar surface area (TPSA) is 77.7 Å². The first kappa shape index (κ1) is 18.5. The first-order chi connectivity index (χ1) is 14.7. The standard InChI is InChI=1S/C23H21FN6/c24-19-6-8-30(14-19)23-4-3-17(13-27-23)20-10-18(16-1-2-16)11-22(28-20)29-21-9-15(12-25)5-7-26-21/h3-5,7,9-11,13,16,19H,1-2,6,8,14H2,(H,26,28,29)/t19-/m1/s1. The van der Waals surface area contributed by atoms with Crippen molar-refractivity contribution >= 4 is 17.5 Å². The lowest BCUT2D eigenvalue weighted by molar-refractivity contribution is 0.364. The minimum Gasteiger partial charge on any atom is -0.354 e. The van der Waals surface area contributed by atoms with Crippen molar-refractivity contribution in [3.8, 4) is 17.3 Å². The number of anilines is 3. The molecule has 30 heavy (non-hydrogen) atoms. The average Bonchev–Trinajstić information content (AvgIpc) is 3.54. The van der Waals surface area contributed by atoms with Crippen LogP contribution in [-0.4, -0.2) is 34.2 Å². The molecule has 1 saturated heterocycles. The molecule has 0 radical (unpaired) electrons. The normalized spacial score (nSPS) is 18.3. The molecular formula is C23H21FN6. The third-order valence-electron chi connectivity index (χ3n) is 5.54. The minimum absolute atomic E-state index is 0.407. The number of hydrogen-bond acceptors (Lipinski definition) is 6. The predicted octanol–water partition coefficient (Wildman–Crippen LogP) is 4.58. The van der Waals surface area contributed by atoms with Gasteiger partial charge in [0.25, 0.3) is 0 Å². The van der Waals surface area contributed by atoms with E-state index in [9.17, 15) is 4.39 Å². The van der Waals surface area contributed by atoms with Crippen molar-refractivity contribution < 1.29 is 4.39 Å². The van der Waals surface area contributed by atoms with Crippen molar-refractivity contribution in [3.63, 3.8) is 0 Å². The van der Waals surface area contributed by atoms with Gasteiger partial charge in [-0.25, -0.2) is 19.3 Å². The molecule has 6 nitrogen and oxygen atoms in total. The van der Waals surface area contributed by atoms with Crippen molar-refractivity contribution in [3.05, 3.63) is 59.9 Å². The number of pyridine rings is 3. The summed E-state index contributed by atoms with van der Waals surface area (Å²) in [6.07, 6.45) is 5.56. The van der Waals surface area contributed by atoms with Crippen LogP contribution in [0.4, 0.5) is 21.8 Å². The second-order valence-electron chi connectivity index (χ2n) is 7.85. The smallest absolute Gasteiger partial charge is 0.132 e. The number of hydrogen-bond donors (Lipinski definition) is 1. The molecule has 1 aliphatic heterocycles. The Balaban J connectivity index is 1.43. The quantitative estimate of drug-likeness (QED) is 0.675. The van der Waals surface area contributed by atoms with E-state index in [-0.39, 0.29) is 0 Å². The molecule has 1 aliphatic carbocycles. The van der Waals surface area contributed by atoms with Crippen molar-refractivity contribution in [1.29, 1.82) is 5.26 Å². The molecule has 0 bridgehead atoms. The van der Waals surface area contributed by atoms with Crippen LogP contribution in [0.1, 0.15) is 36.3 Å². The van der Waals surface area contributed by atoms with E-state index in [1.807, 2.05) is 17.0 Å². The maximum atomic E-state index is 13.5. The average molecular weight is 400 g/mol. The van der Waals surface area contributed by atoms with Gasteiger partial charge in [-0.3, -0.25) is 0 Å². The van der Waals surface area contributed by atoms with Gasteiger partial charge in [0, 0.05) is 24.5 Å². The van der Waals surface area contributed by atoms with Gasteiger partial charge >= 0.3 is 0 Å². The first-order valence-electron chi connectivity index (χ1n) is 10.2. The van der Waals surface area contributed by atoms with Crippen LogP contribution in [0.3, 0.4) is 0 Å². The molecule has 0 aromatic carbocycles. The summed E-state index contributed by atoms with van der Waals surface area (Å²) in [6, 6.07) is 13.6. The summed E-state index contributed by atoms with van der Waals surface area (Å²) in [6.45, 7) is 1.11. The lowest BCUT2D eigenvalue weighted by Gasteiger charge is -2.16. The summed E-state index contributed by atoms with van der Waals surface area (Å²) in [5.74, 6) is 2.64. The zero-order valence-corrected chi connectivity index (χ0v) is 16.4. The molecule has 5 rings (SSSR count). The van der Waals surface area contributed by atoms with E-state index in [0.29, 0.717) is 42.6 Å². The highest BCUT2D eigenvalue weighted by atomic mass is 19.1. The monoisotopic (exact) mass is 400 g/mol. The van der Waals surface area contributed by atoms with Gasteiger partial charge in [-0.15, -0.1) is 0 Å². The summed E-state index contributed by atoms with van der Waals surface area (Å²) >= 11 is 0. The molecular weight excluding hydrogens is 379 g/mol. The summed E-state index contributed by atoms with van der Waals surface area (Å²) in [5, 5.41) is 12.3. The van der Waals surface area contributed by atoms with Crippen LogP contribution in [0.25, 0.3) is 11.3 Å². The van der Waals surface area contributed by atoms with Gasteiger partial charge < -0.3 is 10.2 Å². The molecule has 3 aromatic rings. The maximum Gasteiger partial charge on any atom is 0.132 e. The van der Waals surface area contributed by atoms with Gasteiger partial charge in [0.2, 0.25) is 0 Å². The highest BCUT2D eigenvalue weighted by molar-refractivity contribution is 5.66. The Morgan fingerprint density at radius 2 is 1.97 bits per heavy atom. The highest BCUT2D eigenvalue weighted by Crippen LogP contribution is 2.42. The second-order valence-corrected chi connectivity index (χ2v) is 7.85. The van der Waals surface area contributed by atoms with Gasteiger partial charge in [-0.2, -0.15) is 5.26 Å². The van der Waals surface area contributed by atoms with Crippen molar-refractivity contribution in [2.45, 2.75) is 31.4 Å². The Kier molecular flexibility index (Phi) is 4.75. The van der Waals surface area contributed by atoms with Gasteiger partial charge in [-0.1, -0.05) is 0 Å². The first-order valence-corrected chi connectivity index (χ1v) is 10.2. The van der Waals surface area contributed by atoms with E-state index in [0.717, 1.165) is 17.1 Å². The molecule has 150 valence electrons. The third-order valence-corrected chi connectivity index (χ3v) is 5.54. The molecule has 7 heteroatoms. The number of aromatic nitrogens is 3. The Morgan fingerprint density at radius 3 is 2.67 bits per heavy atom. The molecule has 0 spiro atoms. The zero-order valence-electron chi connectivity index (χ0n) is 16.4. The van der Waals surface area contributed by atoms with Gasteiger partial charge in [0.15, 0.2) is 0 Å². The summed E-state index contributed by atoms with van der Waals surface area (Å²) in [5.41, 5.74) is 3.53. The third kappa shape index (κ3) is 3.94. The molecule has 4 heterocycles.